The maximum atomic E-state index is 11.5. The second-order valence-electron chi connectivity index (χ2n) is 6.97. The highest BCUT2D eigenvalue weighted by atomic mass is 16.4. The van der Waals surface area contributed by atoms with Crippen LogP contribution in [0.2, 0.25) is 0 Å². The van der Waals surface area contributed by atoms with Crippen LogP contribution >= 0.6 is 0 Å². The van der Waals surface area contributed by atoms with Crippen LogP contribution in [0.15, 0.2) is 30.5 Å². The zero-order chi connectivity index (χ0) is 18.8. The lowest BCUT2D eigenvalue weighted by Crippen LogP contribution is -2.47. The van der Waals surface area contributed by atoms with Gasteiger partial charge in [0, 0.05) is 31.4 Å². The molecule has 27 heavy (non-hydrogen) atoms. The second-order valence-corrected chi connectivity index (χ2v) is 6.97. The van der Waals surface area contributed by atoms with Gasteiger partial charge in [0.25, 0.3) is 0 Å². The molecule has 1 aliphatic heterocycles. The number of rotatable bonds is 5. The molecule has 0 bridgehead atoms. The van der Waals surface area contributed by atoms with Gasteiger partial charge in [0.15, 0.2) is 0 Å². The number of piperazine rings is 1. The van der Waals surface area contributed by atoms with Crippen LogP contribution in [0.5, 0.6) is 0 Å². The molecule has 4 rings (SSSR count). The second kappa shape index (κ2) is 7.32. The number of nitrogens with zero attached hydrogens (tertiary/aromatic N) is 3. The molecule has 0 radical (unpaired) electrons. The summed E-state index contributed by atoms with van der Waals surface area (Å²) < 4.78 is 0. The number of hydrogen-bond acceptors (Lipinski definition) is 5. The van der Waals surface area contributed by atoms with Crippen LogP contribution < -0.4 is 10.6 Å². The summed E-state index contributed by atoms with van der Waals surface area (Å²) in [4.78, 5) is 33.5. The average molecular weight is 367 g/mol. The number of amides is 2. The van der Waals surface area contributed by atoms with E-state index in [0.29, 0.717) is 31.4 Å². The number of carbonyl (C=O) groups excluding carboxylic acids is 1. The molecule has 1 saturated carbocycles. The predicted octanol–water partition coefficient (Wildman–Crippen LogP) is 2.04. The third-order valence-electron chi connectivity index (χ3n) is 4.75. The van der Waals surface area contributed by atoms with Crippen LogP contribution in [0.3, 0.4) is 0 Å². The minimum absolute atomic E-state index is 0.0283. The summed E-state index contributed by atoms with van der Waals surface area (Å²) in [6.07, 6.45) is 2.84. The van der Waals surface area contributed by atoms with Crippen molar-refractivity contribution >= 4 is 17.8 Å². The van der Waals surface area contributed by atoms with E-state index in [2.05, 4.69) is 25.5 Å². The van der Waals surface area contributed by atoms with Crippen molar-refractivity contribution in [2.75, 3.05) is 25.0 Å². The summed E-state index contributed by atoms with van der Waals surface area (Å²) in [5.41, 5.74) is 3.57. The number of aromatic nitrogens is 2. The zero-order valence-corrected chi connectivity index (χ0v) is 14.8. The van der Waals surface area contributed by atoms with Crippen LogP contribution in [-0.4, -0.2) is 51.6 Å². The SMILES string of the molecule is O=C(O)Nc1cc(C2CC2)cc(-c2ccnc(CN3CCNC(=O)C3)c2)n1. The molecule has 2 amide bonds. The molecule has 8 nitrogen and oxygen atoms in total. The van der Waals surface area contributed by atoms with Crippen LogP contribution in [0.1, 0.15) is 30.0 Å². The van der Waals surface area contributed by atoms with Crippen molar-refractivity contribution in [2.24, 2.45) is 0 Å². The van der Waals surface area contributed by atoms with Gasteiger partial charge >= 0.3 is 6.09 Å². The minimum atomic E-state index is -1.12. The monoisotopic (exact) mass is 367 g/mol. The topological polar surface area (TPSA) is 107 Å². The Hall–Kier alpha value is -3.00. The summed E-state index contributed by atoms with van der Waals surface area (Å²) in [7, 11) is 0. The third-order valence-corrected chi connectivity index (χ3v) is 4.75. The van der Waals surface area contributed by atoms with E-state index in [0.717, 1.165) is 41.9 Å². The van der Waals surface area contributed by atoms with Gasteiger partial charge in [-0.15, -0.1) is 0 Å². The highest BCUT2D eigenvalue weighted by Crippen LogP contribution is 2.41. The highest BCUT2D eigenvalue weighted by Gasteiger charge is 2.25. The molecule has 1 saturated heterocycles. The summed E-state index contributed by atoms with van der Waals surface area (Å²) in [6, 6.07) is 7.66. The van der Waals surface area contributed by atoms with Crippen LogP contribution in [0.4, 0.5) is 10.6 Å². The molecule has 140 valence electrons. The Morgan fingerprint density at radius 2 is 2.19 bits per heavy atom. The number of nitrogens with one attached hydrogen (secondary N) is 2. The Morgan fingerprint density at radius 3 is 2.93 bits per heavy atom. The molecule has 0 atom stereocenters. The summed E-state index contributed by atoms with van der Waals surface area (Å²) >= 11 is 0. The molecule has 8 heteroatoms. The first-order chi connectivity index (χ1) is 13.1. The summed E-state index contributed by atoms with van der Waals surface area (Å²) in [6.45, 7) is 2.39. The molecular formula is C19H21N5O3. The first-order valence-corrected chi connectivity index (χ1v) is 9.03. The van der Waals surface area contributed by atoms with Crippen LogP contribution in [0.25, 0.3) is 11.3 Å². The van der Waals surface area contributed by atoms with E-state index in [-0.39, 0.29) is 5.91 Å². The minimum Gasteiger partial charge on any atom is -0.465 e. The molecule has 2 aliphatic rings. The lowest BCUT2D eigenvalue weighted by Gasteiger charge is -2.26. The van der Waals surface area contributed by atoms with Crippen molar-refractivity contribution in [3.63, 3.8) is 0 Å². The zero-order valence-electron chi connectivity index (χ0n) is 14.8. The fourth-order valence-corrected chi connectivity index (χ4v) is 3.31. The molecule has 2 aromatic rings. The van der Waals surface area contributed by atoms with Gasteiger partial charge in [0.1, 0.15) is 5.82 Å². The molecule has 0 unspecified atom stereocenters. The van der Waals surface area contributed by atoms with Gasteiger partial charge in [0.05, 0.1) is 17.9 Å². The molecule has 2 fully saturated rings. The van der Waals surface area contributed by atoms with E-state index in [4.69, 9.17) is 5.11 Å². The normalized spacial score (nSPS) is 17.4. The van der Waals surface area contributed by atoms with E-state index < -0.39 is 6.09 Å². The quantitative estimate of drug-likeness (QED) is 0.746. The van der Waals surface area contributed by atoms with Crippen LogP contribution in [-0.2, 0) is 11.3 Å². The van der Waals surface area contributed by atoms with E-state index >= 15 is 0 Å². The number of hydrogen-bond donors (Lipinski definition) is 3. The lowest BCUT2D eigenvalue weighted by molar-refractivity contribution is -0.124. The molecule has 2 aromatic heterocycles. The number of carbonyl (C=O) groups is 2. The standard InChI is InChI=1S/C19H21N5O3/c25-18-11-24(6-5-21-18)10-15-7-13(3-4-20-15)16-8-14(12-1-2-12)9-17(22-16)23-19(26)27/h3-4,7-9,12H,1-2,5-6,10-11H2,(H,21,25)(H,22,23)(H,26,27). The highest BCUT2D eigenvalue weighted by molar-refractivity contribution is 5.82. The van der Waals surface area contributed by atoms with Gasteiger partial charge in [-0.05, 0) is 48.6 Å². The van der Waals surface area contributed by atoms with E-state index in [1.54, 1.807) is 6.20 Å². The fraction of sp³-hybridized carbons (Fsp3) is 0.368. The van der Waals surface area contributed by atoms with E-state index in [1.807, 2.05) is 24.3 Å². The van der Waals surface area contributed by atoms with Gasteiger partial charge in [-0.2, -0.15) is 0 Å². The Bertz CT molecular complexity index is 881. The Balaban J connectivity index is 1.59. The maximum Gasteiger partial charge on any atom is 0.410 e. The number of anilines is 1. The Labute approximate surface area is 156 Å². The first kappa shape index (κ1) is 17.4. The molecular weight excluding hydrogens is 346 g/mol. The van der Waals surface area contributed by atoms with Crippen molar-refractivity contribution in [3.8, 4) is 11.3 Å². The molecule has 3 heterocycles. The largest absolute Gasteiger partial charge is 0.465 e. The van der Waals surface area contributed by atoms with E-state index in [1.165, 1.54) is 0 Å². The van der Waals surface area contributed by atoms with Crippen molar-refractivity contribution in [1.29, 1.82) is 0 Å². The lowest BCUT2D eigenvalue weighted by atomic mass is 10.1. The van der Waals surface area contributed by atoms with E-state index in [9.17, 15) is 9.59 Å². The smallest absolute Gasteiger partial charge is 0.410 e. The molecule has 0 aromatic carbocycles. The fourth-order valence-electron chi connectivity index (χ4n) is 3.31. The summed E-state index contributed by atoms with van der Waals surface area (Å²) in [5, 5.41) is 14.2. The maximum absolute atomic E-state index is 11.5. The molecule has 1 aliphatic carbocycles. The summed E-state index contributed by atoms with van der Waals surface area (Å²) in [5.74, 6) is 0.850. The Kier molecular flexibility index (Phi) is 4.72. The third kappa shape index (κ3) is 4.40. The average Bonchev–Trinajstić information content (AvgIpc) is 3.46. The van der Waals surface area contributed by atoms with Gasteiger partial charge < -0.3 is 10.4 Å². The van der Waals surface area contributed by atoms with Crippen LogP contribution in [0, 0.1) is 0 Å². The molecule has 0 spiro atoms. The van der Waals surface area contributed by atoms with Gasteiger partial charge in [-0.3, -0.25) is 20.0 Å². The van der Waals surface area contributed by atoms with Crippen molar-refractivity contribution < 1.29 is 14.7 Å². The number of pyridine rings is 2. The van der Waals surface area contributed by atoms with Gasteiger partial charge in [-0.25, -0.2) is 9.78 Å². The number of carboxylic acid groups (broad SMARTS) is 1. The van der Waals surface area contributed by atoms with Crippen molar-refractivity contribution in [2.45, 2.75) is 25.3 Å². The first-order valence-electron chi connectivity index (χ1n) is 9.03. The van der Waals surface area contributed by atoms with Crippen molar-refractivity contribution in [3.05, 3.63) is 41.7 Å². The predicted molar refractivity (Wildman–Crippen MR) is 99.4 cm³/mol. The Morgan fingerprint density at radius 1 is 1.33 bits per heavy atom. The molecule has 3 N–H and O–H groups in total. The van der Waals surface area contributed by atoms with Crippen molar-refractivity contribution in [1.82, 2.24) is 20.2 Å². The van der Waals surface area contributed by atoms with Gasteiger partial charge in [0.2, 0.25) is 5.91 Å². The van der Waals surface area contributed by atoms with Gasteiger partial charge in [-0.1, -0.05) is 0 Å².